The minimum absolute atomic E-state index is 0.197. The molecule has 0 spiro atoms. The molecular weight excluding hydrogens is 200 g/mol. The lowest BCUT2D eigenvalue weighted by molar-refractivity contribution is 0.102. The van der Waals surface area contributed by atoms with Crippen molar-refractivity contribution in [1.82, 2.24) is 0 Å². The van der Waals surface area contributed by atoms with E-state index in [1.807, 2.05) is 13.0 Å². The Bertz CT molecular complexity index is 368. The molecule has 0 aliphatic heterocycles. The van der Waals surface area contributed by atoms with Gasteiger partial charge in [0.25, 0.3) is 0 Å². The molecule has 1 atom stereocenters. The summed E-state index contributed by atoms with van der Waals surface area (Å²) in [5.74, 6) is 1.07. The summed E-state index contributed by atoms with van der Waals surface area (Å²) in [5, 5.41) is 0. The molecule has 1 unspecified atom stereocenters. The Balaban J connectivity index is 2.33. The Morgan fingerprint density at radius 2 is 2.00 bits per heavy atom. The third-order valence-electron chi connectivity index (χ3n) is 2.96. The van der Waals surface area contributed by atoms with Crippen LogP contribution in [0.15, 0.2) is 36.1 Å². The van der Waals surface area contributed by atoms with Gasteiger partial charge in [-0.3, -0.25) is 0 Å². The molecule has 0 saturated carbocycles. The largest absolute Gasteiger partial charge is 0.501 e. The number of hydrogen-bond acceptors (Lipinski definition) is 2. The van der Waals surface area contributed by atoms with E-state index in [2.05, 4.69) is 24.3 Å². The summed E-state index contributed by atoms with van der Waals surface area (Å²) in [6.45, 7) is 2.78. The van der Waals surface area contributed by atoms with Crippen LogP contribution in [0.5, 0.6) is 0 Å². The second-order valence-corrected chi connectivity index (χ2v) is 3.89. The lowest BCUT2D eigenvalue weighted by Gasteiger charge is -2.15. The average Bonchev–Trinajstić information content (AvgIpc) is 2.74. The molecule has 0 radical (unpaired) electrons. The molecule has 2 nitrogen and oxygen atoms in total. The van der Waals surface area contributed by atoms with Crippen LogP contribution in [0.2, 0.25) is 0 Å². The highest BCUT2D eigenvalue weighted by Gasteiger charge is 2.27. The van der Waals surface area contributed by atoms with E-state index in [-0.39, 0.29) is 6.10 Å². The van der Waals surface area contributed by atoms with E-state index in [0.717, 1.165) is 25.2 Å². The van der Waals surface area contributed by atoms with Crippen molar-refractivity contribution < 1.29 is 9.47 Å². The summed E-state index contributed by atoms with van der Waals surface area (Å²) in [6.07, 6.45) is 2.20. The highest BCUT2D eigenvalue weighted by atomic mass is 16.5. The normalized spacial score (nSPS) is 20.2. The van der Waals surface area contributed by atoms with E-state index in [0.29, 0.717) is 0 Å². The number of allylic oxidation sites excluding steroid dienone is 1. The lowest BCUT2D eigenvalue weighted by Crippen LogP contribution is -2.11. The summed E-state index contributed by atoms with van der Waals surface area (Å²) >= 11 is 0. The van der Waals surface area contributed by atoms with Crippen molar-refractivity contribution in [2.75, 3.05) is 13.7 Å². The van der Waals surface area contributed by atoms with Crippen LogP contribution in [0.3, 0.4) is 0 Å². The molecule has 2 rings (SSSR count). The first-order valence-corrected chi connectivity index (χ1v) is 5.81. The van der Waals surface area contributed by atoms with Crippen molar-refractivity contribution in [3.8, 4) is 0 Å². The van der Waals surface area contributed by atoms with Crippen molar-refractivity contribution in [3.05, 3.63) is 41.7 Å². The average molecular weight is 218 g/mol. The van der Waals surface area contributed by atoms with Gasteiger partial charge in [-0.25, -0.2) is 0 Å². The molecule has 0 heterocycles. The fourth-order valence-electron chi connectivity index (χ4n) is 2.27. The molecule has 0 bridgehead atoms. The topological polar surface area (TPSA) is 18.5 Å². The van der Waals surface area contributed by atoms with Crippen molar-refractivity contribution >= 4 is 5.57 Å². The smallest absolute Gasteiger partial charge is 0.102 e. The zero-order valence-electron chi connectivity index (χ0n) is 9.90. The first kappa shape index (κ1) is 11.2. The van der Waals surface area contributed by atoms with Crippen LogP contribution in [-0.4, -0.2) is 19.8 Å². The van der Waals surface area contributed by atoms with Crippen LogP contribution < -0.4 is 0 Å². The van der Waals surface area contributed by atoms with E-state index in [1.165, 1.54) is 11.1 Å². The van der Waals surface area contributed by atoms with Crippen LogP contribution >= 0.6 is 0 Å². The molecule has 0 aromatic heterocycles. The van der Waals surface area contributed by atoms with Crippen molar-refractivity contribution in [2.24, 2.45) is 0 Å². The van der Waals surface area contributed by atoms with Crippen molar-refractivity contribution in [3.63, 3.8) is 0 Å². The first-order valence-electron chi connectivity index (χ1n) is 5.81. The summed E-state index contributed by atoms with van der Waals surface area (Å²) in [5.41, 5.74) is 2.44. The monoisotopic (exact) mass is 218 g/mol. The summed E-state index contributed by atoms with van der Waals surface area (Å²) < 4.78 is 11.2. The molecule has 86 valence electrons. The third kappa shape index (κ3) is 2.12. The fraction of sp³-hybridized carbons (Fsp3) is 0.429. The van der Waals surface area contributed by atoms with Crippen LogP contribution in [-0.2, 0) is 9.47 Å². The van der Waals surface area contributed by atoms with Gasteiger partial charge in [0.15, 0.2) is 0 Å². The minimum Gasteiger partial charge on any atom is -0.501 e. The second-order valence-electron chi connectivity index (χ2n) is 3.89. The fourth-order valence-corrected chi connectivity index (χ4v) is 2.27. The van der Waals surface area contributed by atoms with Gasteiger partial charge in [-0.05, 0) is 18.9 Å². The third-order valence-corrected chi connectivity index (χ3v) is 2.96. The standard InChI is InChI=1S/C14H18O2/c1-3-16-13-10-9-12(15-2)14(13)11-7-5-4-6-8-11/h4-8,13H,3,9-10H2,1-2H3. The van der Waals surface area contributed by atoms with Gasteiger partial charge in [0, 0.05) is 18.6 Å². The Labute approximate surface area is 96.9 Å². The molecule has 0 saturated heterocycles. The van der Waals surface area contributed by atoms with E-state index < -0.39 is 0 Å². The maximum Gasteiger partial charge on any atom is 0.102 e. The molecule has 1 aromatic rings. The number of benzene rings is 1. The molecule has 1 aliphatic carbocycles. The van der Waals surface area contributed by atoms with Gasteiger partial charge in [0.1, 0.15) is 5.76 Å². The van der Waals surface area contributed by atoms with Crippen molar-refractivity contribution in [1.29, 1.82) is 0 Å². The van der Waals surface area contributed by atoms with E-state index in [1.54, 1.807) is 7.11 Å². The van der Waals surface area contributed by atoms with E-state index in [9.17, 15) is 0 Å². The molecular formula is C14H18O2. The zero-order chi connectivity index (χ0) is 11.4. The molecule has 1 aromatic carbocycles. The second kappa shape index (κ2) is 5.17. The van der Waals surface area contributed by atoms with Crippen molar-refractivity contribution in [2.45, 2.75) is 25.9 Å². The Morgan fingerprint density at radius 3 is 2.62 bits per heavy atom. The molecule has 1 aliphatic rings. The van der Waals surface area contributed by atoms with Gasteiger partial charge >= 0.3 is 0 Å². The van der Waals surface area contributed by atoms with Gasteiger partial charge < -0.3 is 9.47 Å². The Kier molecular flexibility index (Phi) is 3.62. The van der Waals surface area contributed by atoms with Crippen LogP contribution in [0.25, 0.3) is 5.57 Å². The van der Waals surface area contributed by atoms with Crippen LogP contribution in [0, 0.1) is 0 Å². The maximum absolute atomic E-state index is 5.76. The molecule has 0 fully saturated rings. The zero-order valence-corrected chi connectivity index (χ0v) is 9.90. The van der Waals surface area contributed by atoms with Gasteiger partial charge in [-0.1, -0.05) is 30.3 Å². The van der Waals surface area contributed by atoms with Crippen LogP contribution in [0.4, 0.5) is 0 Å². The van der Waals surface area contributed by atoms with Gasteiger partial charge in [0.2, 0.25) is 0 Å². The molecule has 0 N–H and O–H groups in total. The molecule has 16 heavy (non-hydrogen) atoms. The molecule has 2 heteroatoms. The number of ether oxygens (including phenoxy) is 2. The first-order chi connectivity index (χ1) is 7.86. The van der Waals surface area contributed by atoms with Crippen LogP contribution in [0.1, 0.15) is 25.3 Å². The quantitative estimate of drug-likeness (QED) is 0.772. The van der Waals surface area contributed by atoms with E-state index >= 15 is 0 Å². The predicted molar refractivity (Wildman–Crippen MR) is 65.0 cm³/mol. The Morgan fingerprint density at radius 1 is 1.25 bits per heavy atom. The van der Waals surface area contributed by atoms with Gasteiger partial charge in [0.05, 0.1) is 13.2 Å². The highest BCUT2D eigenvalue weighted by Crippen LogP contribution is 2.36. The number of rotatable bonds is 4. The summed E-state index contributed by atoms with van der Waals surface area (Å²) in [4.78, 5) is 0. The number of hydrogen-bond donors (Lipinski definition) is 0. The lowest BCUT2D eigenvalue weighted by atomic mass is 10.0. The Hall–Kier alpha value is -1.28. The highest BCUT2D eigenvalue weighted by molar-refractivity contribution is 5.72. The number of methoxy groups -OCH3 is 1. The SMILES string of the molecule is CCOC1CCC(OC)=C1c1ccccc1. The van der Waals surface area contributed by atoms with E-state index in [4.69, 9.17) is 9.47 Å². The summed E-state index contributed by atoms with van der Waals surface area (Å²) in [6, 6.07) is 10.4. The predicted octanol–water partition coefficient (Wildman–Crippen LogP) is 3.24. The molecule has 0 amide bonds. The van der Waals surface area contributed by atoms with Gasteiger partial charge in [-0.15, -0.1) is 0 Å². The minimum atomic E-state index is 0.197. The van der Waals surface area contributed by atoms with Gasteiger partial charge in [-0.2, -0.15) is 0 Å². The summed E-state index contributed by atoms with van der Waals surface area (Å²) in [7, 11) is 1.74. The maximum atomic E-state index is 5.76.